The van der Waals surface area contributed by atoms with Gasteiger partial charge in [0.1, 0.15) is 17.1 Å². The molecule has 0 saturated carbocycles. The number of hydrogen-bond acceptors (Lipinski definition) is 7. The summed E-state index contributed by atoms with van der Waals surface area (Å²) >= 11 is 0. The van der Waals surface area contributed by atoms with Gasteiger partial charge in [-0.2, -0.15) is 5.10 Å². The molecule has 0 aliphatic carbocycles. The number of benzene rings is 4. The van der Waals surface area contributed by atoms with Crippen LogP contribution in [0.5, 0.6) is 11.5 Å². The number of likely N-dealkylation sites (N-methyl/N-ethyl adjacent to an activating group) is 1. The SMILES string of the molecule is C[N+](C)(C)CC(=O)NN=Cc1oc(-c2c(O)ccc3ccccc23)c(-c2c(O)ccc3ccccc23)c1[N+](=O)[O-]. The van der Waals surface area contributed by atoms with E-state index in [4.69, 9.17) is 4.42 Å². The number of phenols is 2. The first-order valence-electron chi connectivity index (χ1n) is 12.4. The lowest BCUT2D eigenvalue weighted by molar-refractivity contribution is -0.862. The average Bonchev–Trinajstić information content (AvgIpc) is 3.26. The lowest BCUT2D eigenvalue weighted by Crippen LogP contribution is -2.43. The Balaban J connectivity index is 1.81. The van der Waals surface area contributed by atoms with Crippen LogP contribution in [0.3, 0.4) is 0 Å². The second kappa shape index (κ2) is 10.2. The molecule has 0 spiro atoms. The molecule has 202 valence electrons. The van der Waals surface area contributed by atoms with Crippen LogP contribution in [-0.2, 0) is 4.79 Å². The van der Waals surface area contributed by atoms with E-state index in [1.807, 2.05) is 45.4 Å². The molecule has 0 unspecified atom stereocenters. The molecule has 0 saturated heterocycles. The Labute approximate surface area is 229 Å². The minimum absolute atomic E-state index is 0.0215. The number of nitro groups is 1. The standard InChI is InChI=1S/C30H26N4O6/c1-34(2,3)17-25(37)32-31-16-24-29(33(38)39)28(26-20-10-6-4-8-18(20)12-14-22(26)35)30(40-24)27-21-11-7-5-9-19(21)13-15-23(27)36/h4-16H,17H2,1-3H3,(H2-,31,32,35,36,37)/p+1. The molecule has 0 bridgehead atoms. The quantitative estimate of drug-likeness (QED) is 0.110. The minimum Gasteiger partial charge on any atom is -0.507 e. The summed E-state index contributed by atoms with van der Waals surface area (Å²) in [5.41, 5.74) is 2.27. The number of phenolic OH excluding ortho intramolecular Hbond substituents is 2. The van der Waals surface area contributed by atoms with Gasteiger partial charge in [0.05, 0.1) is 37.8 Å². The van der Waals surface area contributed by atoms with Gasteiger partial charge in [0, 0.05) is 5.56 Å². The number of hydrogen-bond donors (Lipinski definition) is 3. The van der Waals surface area contributed by atoms with Crippen LogP contribution < -0.4 is 5.43 Å². The highest BCUT2D eigenvalue weighted by molar-refractivity contribution is 6.10. The molecule has 40 heavy (non-hydrogen) atoms. The molecule has 0 atom stereocenters. The van der Waals surface area contributed by atoms with Crippen LogP contribution >= 0.6 is 0 Å². The van der Waals surface area contributed by atoms with Crippen LogP contribution in [0.2, 0.25) is 0 Å². The third-order valence-electron chi connectivity index (χ3n) is 6.37. The van der Waals surface area contributed by atoms with E-state index in [2.05, 4.69) is 10.5 Å². The van der Waals surface area contributed by atoms with Crippen LogP contribution in [0.25, 0.3) is 44.0 Å². The molecular formula is C30H27N4O6+. The van der Waals surface area contributed by atoms with Crippen LogP contribution in [0.1, 0.15) is 5.76 Å². The average molecular weight is 540 g/mol. The smallest absolute Gasteiger partial charge is 0.324 e. The fourth-order valence-electron chi connectivity index (χ4n) is 4.77. The number of quaternary nitrogens is 1. The fourth-order valence-corrected chi connectivity index (χ4v) is 4.77. The Morgan fingerprint density at radius 1 is 0.900 bits per heavy atom. The van der Waals surface area contributed by atoms with Gasteiger partial charge in [-0.25, -0.2) is 5.43 Å². The van der Waals surface area contributed by atoms with Crippen molar-refractivity contribution in [2.45, 2.75) is 0 Å². The summed E-state index contributed by atoms with van der Waals surface area (Å²) in [6.45, 7) is 0.127. The number of aromatic hydroxyl groups is 2. The molecule has 0 aliphatic heterocycles. The maximum absolute atomic E-state index is 12.6. The third kappa shape index (κ3) is 4.95. The maximum atomic E-state index is 12.6. The highest BCUT2D eigenvalue weighted by Gasteiger charge is 2.35. The van der Waals surface area contributed by atoms with Crippen molar-refractivity contribution in [1.82, 2.24) is 5.43 Å². The van der Waals surface area contributed by atoms with Crippen molar-refractivity contribution in [2.75, 3.05) is 27.7 Å². The van der Waals surface area contributed by atoms with Crippen LogP contribution in [0, 0.1) is 10.1 Å². The van der Waals surface area contributed by atoms with E-state index in [0.29, 0.717) is 15.3 Å². The summed E-state index contributed by atoms with van der Waals surface area (Å²) in [6.07, 6.45) is 1.06. The van der Waals surface area contributed by atoms with E-state index < -0.39 is 16.5 Å². The number of nitrogens with one attached hydrogen (secondary N) is 1. The summed E-state index contributed by atoms with van der Waals surface area (Å²) in [4.78, 5) is 24.3. The second-order valence-electron chi connectivity index (χ2n) is 10.4. The van der Waals surface area contributed by atoms with E-state index in [-0.39, 0.29) is 46.3 Å². The number of nitrogens with zero attached hydrogens (tertiary/aromatic N) is 3. The Morgan fingerprint density at radius 3 is 2.02 bits per heavy atom. The van der Waals surface area contributed by atoms with Gasteiger partial charge >= 0.3 is 5.69 Å². The number of carbonyl (C=O) groups is 1. The van der Waals surface area contributed by atoms with Gasteiger partial charge in [-0.15, -0.1) is 0 Å². The van der Waals surface area contributed by atoms with E-state index >= 15 is 0 Å². The molecule has 10 heteroatoms. The molecule has 4 aromatic carbocycles. The molecule has 1 heterocycles. The topological polar surface area (TPSA) is 138 Å². The molecule has 3 N–H and O–H groups in total. The molecule has 10 nitrogen and oxygen atoms in total. The summed E-state index contributed by atoms with van der Waals surface area (Å²) in [5.74, 6) is -1.05. The first-order chi connectivity index (χ1) is 19.0. The zero-order valence-corrected chi connectivity index (χ0v) is 22.1. The zero-order valence-electron chi connectivity index (χ0n) is 22.1. The maximum Gasteiger partial charge on any atom is 0.324 e. The Morgan fingerprint density at radius 2 is 1.45 bits per heavy atom. The number of rotatable bonds is 7. The van der Waals surface area contributed by atoms with Crippen molar-refractivity contribution in [1.29, 1.82) is 0 Å². The van der Waals surface area contributed by atoms with Gasteiger partial charge < -0.3 is 19.1 Å². The van der Waals surface area contributed by atoms with Gasteiger partial charge in [0.25, 0.3) is 5.91 Å². The Hall–Kier alpha value is -5.22. The van der Waals surface area contributed by atoms with E-state index in [9.17, 15) is 25.1 Å². The first-order valence-corrected chi connectivity index (χ1v) is 12.4. The van der Waals surface area contributed by atoms with Crippen molar-refractivity contribution < 1.29 is 28.8 Å². The van der Waals surface area contributed by atoms with Gasteiger partial charge in [-0.3, -0.25) is 14.9 Å². The Bertz CT molecular complexity index is 1820. The van der Waals surface area contributed by atoms with Gasteiger partial charge in [0.15, 0.2) is 12.3 Å². The largest absolute Gasteiger partial charge is 0.507 e. The molecular weight excluding hydrogens is 512 g/mol. The number of carbonyl (C=O) groups excluding carboxylic acids is 1. The predicted molar refractivity (Wildman–Crippen MR) is 153 cm³/mol. The molecule has 0 fully saturated rings. The van der Waals surface area contributed by atoms with Crippen LogP contribution in [0.15, 0.2) is 82.3 Å². The van der Waals surface area contributed by atoms with E-state index in [1.54, 1.807) is 36.4 Å². The Kier molecular flexibility index (Phi) is 6.70. The second-order valence-corrected chi connectivity index (χ2v) is 10.4. The zero-order chi connectivity index (χ0) is 28.6. The van der Waals surface area contributed by atoms with Crippen molar-refractivity contribution in [2.24, 2.45) is 5.10 Å². The summed E-state index contributed by atoms with van der Waals surface area (Å²) in [7, 11) is 5.52. The van der Waals surface area contributed by atoms with Gasteiger partial charge in [0.2, 0.25) is 5.76 Å². The number of furan rings is 1. The molecule has 0 aliphatic rings. The van der Waals surface area contributed by atoms with Crippen LogP contribution in [0.4, 0.5) is 5.69 Å². The fraction of sp³-hybridized carbons (Fsp3) is 0.133. The third-order valence-corrected chi connectivity index (χ3v) is 6.37. The first kappa shape index (κ1) is 26.4. The normalized spacial score (nSPS) is 11.9. The highest BCUT2D eigenvalue weighted by atomic mass is 16.6. The number of fused-ring (bicyclic) bond motifs is 2. The lowest BCUT2D eigenvalue weighted by atomic mass is 9.92. The molecule has 0 radical (unpaired) electrons. The molecule has 1 amide bonds. The minimum atomic E-state index is -0.624. The molecule has 1 aromatic heterocycles. The molecule has 5 aromatic rings. The van der Waals surface area contributed by atoms with Crippen molar-refractivity contribution in [3.05, 3.63) is 88.7 Å². The summed E-state index contributed by atoms with van der Waals surface area (Å²) < 4.78 is 6.46. The van der Waals surface area contributed by atoms with Crippen molar-refractivity contribution in [3.8, 4) is 33.9 Å². The van der Waals surface area contributed by atoms with Gasteiger partial charge in [-0.1, -0.05) is 60.7 Å². The monoisotopic (exact) mass is 539 g/mol. The van der Waals surface area contributed by atoms with Crippen LogP contribution in [-0.4, -0.2) is 59.4 Å². The molecule has 5 rings (SSSR count). The summed E-state index contributed by atoms with van der Waals surface area (Å²) in [6, 6.07) is 20.8. The number of amides is 1. The van der Waals surface area contributed by atoms with Crippen molar-refractivity contribution >= 4 is 39.4 Å². The van der Waals surface area contributed by atoms with Gasteiger partial charge in [-0.05, 0) is 33.7 Å². The highest BCUT2D eigenvalue weighted by Crippen LogP contribution is 2.51. The van der Waals surface area contributed by atoms with E-state index in [0.717, 1.165) is 17.0 Å². The van der Waals surface area contributed by atoms with Crippen molar-refractivity contribution in [3.63, 3.8) is 0 Å². The van der Waals surface area contributed by atoms with E-state index in [1.165, 1.54) is 12.1 Å². The lowest BCUT2D eigenvalue weighted by Gasteiger charge is -2.21. The summed E-state index contributed by atoms with van der Waals surface area (Å²) in [5, 5.41) is 41.3. The number of hydrazone groups is 1. The predicted octanol–water partition coefficient (Wildman–Crippen LogP) is 5.40.